The van der Waals surface area contributed by atoms with E-state index in [1.165, 1.54) is 49.3 Å². The van der Waals surface area contributed by atoms with Gasteiger partial charge in [0.25, 0.3) is 0 Å². The van der Waals surface area contributed by atoms with Gasteiger partial charge in [-0.05, 0) is 61.0 Å². The Labute approximate surface area is 191 Å². The first-order chi connectivity index (χ1) is 16.3. The zero-order valence-electron chi connectivity index (χ0n) is 18.2. The van der Waals surface area contributed by atoms with Crippen LogP contribution >= 0.6 is 0 Å². The molecule has 0 saturated carbocycles. The molecule has 33 heavy (non-hydrogen) atoms. The summed E-state index contributed by atoms with van der Waals surface area (Å²) in [6.45, 7) is 2.16. The molecule has 156 valence electrons. The van der Waals surface area contributed by atoms with Crippen molar-refractivity contribution in [2.24, 2.45) is 0 Å². The van der Waals surface area contributed by atoms with Crippen LogP contribution < -0.4 is 0 Å². The fraction of sp³-hybridized carbons (Fsp3) is 0.0333. The topological polar surface area (TPSA) is 22.8 Å². The highest BCUT2D eigenvalue weighted by Gasteiger charge is 2.19. The first-order valence-corrected chi connectivity index (χ1v) is 11.2. The number of benzene rings is 4. The zero-order chi connectivity index (χ0) is 21.9. The highest BCUT2D eigenvalue weighted by molar-refractivity contribution is 6.18. The molecule has 0 bridgehead atoms. The van der Waals surface area contributed by atoms with Crippen LogP contribution in [0.4, 0.5) is 0 Å². The third kappa shape index (κ3) is 2.53. The summed E-state index contributed by atoms with van der Waals surface area (Å²) in [7, 11) is 0. The first kappa shape index (κ1) is 18.2. The lowest BCUT2D eigenvalue weighted by molar-refractivity contribution is 1.11. The summed E-state index contributed by atoms with van der Waals surface area (Å²) in [6, 6.07) is 36.7. The highest BCUT2D eigenvalue weighted by Crippen LogP contribution is 2.39. The third-order valence-electron chi connectivity index (χ3n) is 6.69. The summed E-state index contributed by atoms with van der Waals surface area (Å²) in [6.07, 6.45) is 1.88. The van der Waals surface area contributed by atoms with Crippen molar-refractivity contribution in [2.45, 2.75) is 6.92 Å². The highest BCUT2D eigenvalue weighted by atomic mass is 15.1. The predicted molar refractivity (Wildman–Crippen MR) is 138 cm³/mol. The van der Waals surface area contributed by atoms with Crippen molar-refractivity contribution >= 4 is 43.7 Å². The second-order valence-electron chi connectivity index (χ2n) is 8.57. The molecule has 0 atom stereocenters. The number of aryl methyl sites for hydroxylation is 1. The van der Waals surface area contributed by atoms with Crippen molar-refractivity contribution in [2.75, 3.05) is 0 Å². The van der Waals surface area contributed by atoms with E-state index in [0.717, 1.165) is 11.3 Å². The molecule has 0 radical (unpaired) electrons. The van der Waals surface area contributed by atoms with Gasteiger partial charge in [0.05, 0.1) is 22.2 Å². The van der Waals surface area contributed by atoms with Crippen molar-refractivity contribution in [3.63, 3.8) is 0 Å². The number of aromatic nitrogens is 3. The molecule has 0 amide bonds. The minimum Gasteiger partial charge on any atom is -0.309 e. The lowest BCUT2D eigenvalue weighted by Gasteiger charge is -2.11. The summed E-state index contributed by atoms with van der Waals surface area (Å²) in [5.74, 6) is 0. The van der Waals surface area contributed by atoms with E-state index in [4.69, 9.17) is 4.98 Å². The number of fused-ring (bicyclic) bond motifs is 6. The summed E-state index contributed by atoms with van der Waals surface area (Å²) >= 11 is 0. The summed E-state index contributed by atoms with van der Waals surface area (Å²) in [4.78, 5) is 4.81. The van der Waals surface area contributed by atoms with Gasteiger partial charge in [-0.2, -0.15) is 0 Å². The van der Waals surface area contributed by atoms with Gasteiger partial charge >= 0.3 is 0 Å². The molecule has 0 aliphatic carbocycles. The van der Waals surface area contributed by atoms with Gasteiger partial charge in [0.2, 0.25) is 0 Å². The zero-order valence-corrected chi connectivity index (χ0v) is 18.2. The maximum atomic E-state index is 4.81. The molecule has 7 rings (SSSR count). The van der Waals surface area contributed by atoms with E-state index < -0.39 is 0 Å². The fourth-order valence-corrected chi connectivity index (χ4v) is 5.22. The van der Waals surface area contributed by atoms with Crippen molar-refractivity contribution in [1.29, 1.82) is 0 Å². The van der Waals surface area contributed by atoms with Crippen LogP contribution in [0.5, 0.6) is 0 Å². The largest absolute Gasteiger partial charge is 0.309 e. The average molecular weight is 424 g/mol. The molecule has 0 saturated heterocycles. The van der Waals surface area contributed by atoms with Gasteiger partial charge in [-0.25, -0.2) is 4.98 Å². The van der Waals surface area contributed by atoms with Gasteiger partial charge in [-0.3, -0.25) is 4.57 Å². The van der Waals surface area contributed by atoms with Crippen LogP contribution in [0.1, 0.15) is 5.56 Å². The van der Waals surface area contributed by atoms with Gasteiger partial charge in [0.1, 0.15) is 5.65 Å². The molecule has 3 aromatic heterocycles. The van der Waals surface area contributed by atoms with Crippen LogP contribution in [0.15, 0.2) is 109 Å². The van der Waals surface area contributed by atoms with Crippen molar-refractivity contribution in [1.82, 2.24) is 14.1 Å². The molecule has 7 aromatic rings. The van der Waals surface area contributed by atoms with Crippen molar-refractivity contribution in [3.05, 3.63) is 115 Å². The predicted octanol–water partition coefficient (Wildman–Crippen LogP) is 7.58. The number of hydrogen-bond donors (Lipinski definition) is 0. The van der Waals surface area contributed by atoms with Gasteiger partial charge in [0.15, 0.2) is 0 Å². The smallest absolute Gasteiger partial charge is 0.145 e. The fourth-order valence-electron chi connectivity index (χ4n) is 5.22. The Balaban J connectivity index is 1.72. The lowest BCUT2D eigenvalue weighted by Crippen LogP contribution is -1.98. The molecule has 3 nitrogen and oxygen atoms in total. The molecule has 4 aromatic carbocycles. The minimum absolute atomic E-state index is 0.991. The van der Waals surface area contributed by atoms with E-state index in [1.807, 2.05) is 12.3 Å². The Morgan fingerprint density at radius 3 is 2.12 bits per heavy atom. The van der Waals surface area contributed by atoms with E-state index in [9.17, 15) is 0 Å². The standard InChI is InChI=1S/C30H21N3/c1-20-10-5-7-15-26(20)33-29-19-28-24(18-25(29)23-14-9-17-31-30(23)33)22-13-6-8-16-27(22)32(28)21-11-3-2-4-12-21/h2-19H,1H3. The van der Waals surface area contributed by atoms with E-state index in [0.29, 0.717) is 0 Å². The molecule has 0 aliphatic heterocycles. The number of hydrogen-bond acceptors (Lipinski definition) is 1. The number of para-hydroxylation sites is 3. The SMILES string of the molecule is Cc1ccccc1-n1c2cc3c(cc2c2cccnc21)c1ccccc1n3-c1ccccc1. The molecular weight excluding hydrogens is 402 g/mol. The number of rotatable bonds is 2. The molecule has 0 fully saturated rings. The Kier molecular flexibility index (Phi) is 3.76. The van der Waals surface area contributed by atoms with Gasteiger partial charge in [-0.15, -0.1) is 0 Å². The minimum atomic E-state index is 0.991. The number of nitrogens with zero attached hydrogens (tertiary/aromatic N) is 3. The van der Waals surface area contributed by atoms with Crippen LogP contribution in [0.2, 0.25) is 0 Å². The second kappa shape index (κ2) is 6.81. The summed E-state index contributed by atoms with van der Waals surface area (Å²) in [5, 5.41) is 4.92. The lowest BCUT2D eigenvalue weighted by atomic mass is 10.1. The van der Waals surface area contributed by atoms with Gasteiger partial charge in [-0.1, -0.05) is 54.6 Å². The first-order valence-electron chi connectivity index (χ1n) is 11.2. The quantitative estimate of drug-likeness (QED) is 0.281. The van der Waals surface area contributed by atoms with Gasteiger partial charge < -0.3 is 4.57 Å². The summed E-state index contributed by atoms with van der Waals surface area (Å²) in [5.41, 5.74) is 8.14. The maximum absolute atomic E-state index is 4.81. The molecule has 0 aliphatic rings. The van der Waals surface area contributed by atoms with Crippen LogP contribution in [-0.2, 0) is 0 Å². The Morgan fingerprint density at radius 2 is 1.24 bits per heavy atom. The molecule has 0 spiro atoms. The third-order valence-corrected chi connectivity index (χ3v) is 6.69. The normalized spacial score (nSPS) is 11.8. The van der Waals surface area contributed by atoms with Crippen LogP contribution in [-0.4, -0.2) is 14.1 Å². The molecule has 0 N–H and O–H groups in total. The van der Waals surface area contributed by atoms with E-state index in [2.05, 4.69) is 113 Å². The second-order valence-corrected chi connectivity index (χ2v) is 8.57. The Bertz CT molecular complexity index is 1820. The van der Waals surface area contributed by atoms with Gasteiger partial charge in [0, 0.05) is 33.4 Å². The summed E-state index contributed by atoms with van der Waals surface area (Å²) < 4.78 is 4.68. The van der Waals surface area contributed by atoms with E-state index in [-0.39, 0.29) is 0 Å². The molecular formula is C30H21N3. The van der Waals surface area contributed by atoms with E-state index >= 15 is 0 Å². The molecule has 3 heteroatoms. The maximum Gasteiger partial charge on any atom is 0.145 e. The number of pyridine rings is 1. The van der Waals surface area contributed by atoms with Crippen LogP contribution in [0.3, 0.4) is 0 Å². The Morgan fingerprint density at radius 1 is 0.545 bits per heavy atom. The molecule has 0 unspecified atom stereocenters. The monoisotopic (exact) mass is 423 g/mol. The van der Waals surface area contributed by atoms with Crippen LogP contribution in [0.25, 0.3) is 55.1 Å². The van der Waals surface area contributed by atoms with Crippen molar-refractivity contribution < 1.29 is 0 Å². The molecule has 3 heterocycles. The van der Waals surface area contributed by atoms with Crippen molar-refractivity contribution in [3.8, 4) is 11.4 Å². The van der Waals surface area contributed by atoms with Crippen LogP contribution in [0, 0.1) is 6.92 Å². The average Bonchev–Trinajstić information content (AvgIpc) is 3.36. The van der Waals surface area contributed by atoms with E-state index in [1.54, 1.807) is 0 Å². The Hall–Kier alpha value is -4.37.